The fraction of sp³-hybridized carbons (Fsp3) is 0.333. The largest absolute Gasteiger partial charge is 0.228 e. The molecule has 0 aromatic carbocycles. The molecule has 0 fully saturated rings. The second kappa shape index (κ2) is 2.15. The Labute approximate surface area is 45.3 Å². The van der Waals surface area contributed by atoms with E-state index in [2.05, 4.69) is 15.3 Å². The highest BCUT2D eigenvalue weighted by Gasteiger charge is 1.84. The van der Waals surface area contributed by atoms with Gasteiger partial charge in [-0.15, -0.1) is 4.91 Å². The van der Waals surface area contributed by atoms with Crippen molar-refractivity contribution in [1.29, 1.82) is 0 Å². The van der Waals surface area contributed by atoms with Crippen molar-refractivity contribution in [3.8, 4) is 0 Å². The second-order valence-corrected chi connectivity index (χ2v) is 1.21. The van der Waals surface area contributed by atoms with Crippen LogP contribution in [0.4, 0.5) is 0 Å². The van der Waals surface area contributed by atoms with Crippen LogP contribution in [-0.2, 0) is 6.67 Å². The van der Waals surface area contributed by atoms with Gasteiger partial charge in [-0.05, 0) is 5.18 Å². The van der Waals surface area contributed by atoms with Crippen molar-refractivity contribution in [1.82, 2.24) is 14.8 Å². The molecule has 0 aliphatic rings. The van der Waals surface area contributed by atoms with Gasteiger partial charge in [-0.3, -0.25) is 0 Å². The van der Waals surface area contributed by atoms with Crippen molar-refractivity contribution < 1.29 is 0 Å². The third kappa shape index (κ3) is 0.868. The van der Waals surface area contributed by atoms with Gasteiger partial charge >= 0.3 is 0 Å². The maximum absolute atomic E-state index is 9.53. The molecule has 0 radical (unpaired) electrons. The summed E-state index contributed by atoms with van der Waals surface area (Å²) in [5.74, 6) is 0. The lowest BCUT2D eigenvalue weighted by atomic mass is 11.1. The number of nitroso groups, excluding NO2 is 1. The van der Waals surface area contributed by atoms with E-state index in [1.54, 1.807) is 0 Å². The van der Waals surface area contributed by atoms with Crippen LogP contribution in [0, 0.1) is 4.91 Å². The Kier molecular flexibility index (Phi) is 1.32. The molecule has 1 heterocycles. The molecule has 5 nitrogen and oxygen atoms in total. The van der Waals surface area contributed by atoms with Crippen molar-refractivity contribution in [3.63, 3.8) is 0 Å². The first-order chi connectivity index (χ1) is 3.93. The summed E-state index contributed by atoms with van der Waals surface area (Å²) in [6.07, 6.45) is 2.78. The molecule has 42 valence electrons. The zero-order chi connectivity index (χ0) is 5.82. The molecule has 0 bridgehead atoms. The standard InChI is InChI=1S/C3H4N4O/c8-6-3-7-2-4-1-5-7/h1-2H,3H2. The van der Waals surface area contributed by atoms with Crippen molar-refractivity contribution >= 4 is 0 Å². The minimum absolute atomic E-state index is 0.0417. The number of hydrogen-bond acceptors (Lipinski definition) is 4. The lowest BCUT2D eigenvalue weighted by Gasteiger charge is -1.83. The predicted octanol–water partition coefficient (Wildman–Crippen LogP) is 0.00200. The smallest absolute Gasteiger partial charge is 0.174 e. The van der Waals surface area contributed by atoms with E-state index < -0.39 is 0 Å². The molecule has 1 aromatic rings. The third-order valence-electron chi connectivity index (χ3n) is 0.669. The van der Waals surface area contributed by atoms with Gasteiger partial charge in [0.25, 0.3) is 0 Å². The molecule has 0 saturated carbocycles. The van der Waals surface area contributed by atoms with E-state index in [9.17, 15) is 4.91 Å². The first-order valence-corrected chi connectivity index (χ1v) is 2.05. The zero-order valence-corrected chi connectivity index (χ0v) is 4.06. The average molecular weight is 112 g/mol. The van der Waals surface area contributed by atoms with Crippen LogP contribution < -0.4 is 0 Å². The first kappa shape index (κ1) is 4.89. The van der Waals surface area contributed by atoms with Crippen LogP contribution in [0.1, 0.15) is 0 Å². The molecule has 5 heteroatoms. The predicted molar refractivity (Wildman–Crippen MR) is 25.8 cm³/mol. The second-order valence-electron chi connectivity index (χ2n) is 1.21. The molecule has 0 spiro atoms. The topological polar surface area (TPSA) is 60.1 Å². The van der Waals surface area contributed by atoms with Crippen LogP contribution in [0.2, 0.25) is 0 Å². The highest BCUT2D eigenvalue weighted by molar-refractivity contribution is 4.53. The molecule has 0 amide bonds. The summed E-state index contributed by atoms with van der Waals surface area (Å²) in [6.45, 7) is 0.0417. The summed E-state index contributed by atoms with van der Waals surface area (Å²) in [6, 6.07) is 0. The Morgan fingerprint density at radius 2 is 2.62 bits per heavy atom. The molecule has 8 heavy (non-hydrogen) atoms. The Hall–Kier alpha value is -1.26. The molecular weight excluding hydrogens is 108 g/mol. The van der Waals surface area contributed by atoms with Crippen molar-refractivity contribution in [2.24, 2.45) is 5.18 Å². The van der Waals surface area contributed by atoms with Gasteiger partial charge in [0.2, 0.25) is 0 Å². The van der Waals surface area contributed by atoms with E-state index >= 15 is 0 Å². The van der Waals surface area contributed by atoms with Crippen molar-refractivity contribution in [2.45, 2.75) is 6.67 Å². The van der Waals surface area contributed by atoms with Crippen LogP contribution in [0.25, 0.3) is 0 Å². The third-order valence-corrected chi connectivity index (χ3v) is 0.669. The lowest BCUT2D eigenvalue weighted by Crippen LogP contribution is -1.93. The number of hydrogen-bond donors (Lipinski definition) is 0. The van der Waals surface area contributed by atoms with E-state index in [0.29, 0.717) is 0 Å². The Balaban J connectivity index is 2.62. The van der Waals surface area contributed by atoms with Crippen molar-refractivity contribution in [2.75, 3.05) is 0 Å². The highest BCUT2D eigenvalue weighted by atomic mass is 16.3. The highest BCUT2D eigenvalue weighted by Crippen LogP contribution is 1.77. The Bertz CT molecular complexity index is 158. The molecule has 0 N–H and O–H groups in total. The van der Waals surface area contributed by atoms with Gasteiger partial charge in [0.1, 0.15) is 12.7 Å². The van der Waals surface area contributed by atoms with E-state index in [-0.39, 0.29) is 6.67 Å². The molecule has 0 unspecified atom stereocenters. The van der Waals surface area contributed by atoms with E-state index in [4.69, 9.17) is 0 Å². The molecule has 1 rings (SSSR count). The summed E-state index contributed by atoms with van der Waals surface area (Å²) in [5, 5.41) is 6.21. The Morgan fingerprint density at radius 1 is 1.75 bits per heavy atom. The summed E-state index contributed by atoms with van der Waals surface area (Å²) >= 11 is 0. The lowest BCUT2D eigenvalue weighted by molar-refractivity contribution is 0.635. The van der Waals surface area contributed by atoms with Gasteiger partial charge in [0.05, 0.1) is 0 Å². The zero-order valence-electron chi connectivity index (χ0n) is 4.06. The van der Waals surface area contributed by atoms with Gasteiger partial charge in [-0.1, -0.05) is 0 Å². The van der Waals surface area contributed by atoms with E-state index in [1.807, 2.05) is 0 Å². The van der Waals surface area contributed by atoms with Gasteiger partial charge in [0, 0.05) is 0 Å². The Morgan fingerprint density at radius 3 is 3.12 bits per heavy atom. The van der Waals surface area contributed by atoms with Gasteiger partial charge in [0.15, 0.2) is 6.67 Å². The molecule has 0 aliphatic carbocycles. The SMILES string of the molecule is O=NCn1cncn1. The summed E-state index contributed by atoms with van der Waals surface area (Å²) in [7, 11) is 0. The van der Waals surface area contributed by atoms with Gasteiger partial charge < -0.3 is 0 Å². The number of rotatable bonds is 2. The summed E-state index contributed by atoms with van der Waals surface area (Å²) in [4.78, 5) is 13.1. The van der Waals surface area contributed by atoms with Gasteiger partial charge in [-0.2, -0.15) is 5.10 Å². The minimum Gasteiger partial charge on any atom is -0.228 e. The van der Waals surface area contributed by atoms with Crippen LogP contribution in [-0.4, -0.2) is 14.8 Å². The van der Waals surface area contributed by atoms with Gasteiger partial charge in [-0.25, -0.2) is 9.67 Å². The van der Waals surface area contributed by atoms with E-state index in [0.717, 1.165) is 0 Å². The fourth-order valence-electron chi connectivity index (χ4n) is 0.365. The summed E-state index contributed by atoms with van der Waals surface area (Å²) < 4.78 is 1.34. The van der Waals surface area contributed by atoms with Crippen LogP contribution in [0.3, 0.4) is 0 Å². The maximum Gasteiger partial charge on any atom is 0.174 e. The van der Waals surface area contributed by atoms with E-state index in [1.165, 1.54) is 17.3 Å². The number of nitrogens with zero attached hydrogens (tertiary/aromatic N) is 4. The first-order valence-electron chi connectivity index (χ1n) is 2.05. The average Bonchev–Trinajstić information content (AvgIpc) is 2.19. The molecule has 1 aromatic heterocycles. The molecule has 0 atom stereocenters. The van der Waals surface area contributed by atoms with Crippen LogP contribution in [0.15, 0.2) is 17.8 Å². The van der Waals surface area contributed by atoms with Crippen LogP contribution in [0.5, 0.6) is 0 Å². The van der Waals surface area contributed by atoms with Crippen molar-refractivity contribution in [3.05, 3.63) is 17.6 Å². The maximum atomic E-state index is 9.53. The summed E-state index contributed by atoms with van der Waals surface area (Å²) in [5.41, 5.74) is 0. The normalized spacial score (nSPS) is 9.00. The molecular formula is C3H4N4O. The fourth-order valence-corrected chi connectivity index (χ4v) is 0.365. The minimum atomic E-state index is 0.0417. The monoisotopic (exact) mass is 112 g/mol. The van der Waals surface area contributed by atoms with Crippen LogP contribution >= 0.6 is 0 Å². The quantitative estimate of drug-likeness (QED) is 0.506. The molecule has 0 aliphatic heterocycles. The molecule has 0 saturated heterocycles. The number of aromatic nitrogens is 3.